The summed E-state index contributed by atoms with van der Waals surface area (Å²) in [5, 5.41) is 5.11. The molecule has 0 unspecified atom stereocenters. The topological polar surface area (TPSA) is 72.2 Å². The molecule has 2 rings (SSSR count). The molecule has 0 aliphatic carbocycles. The molecule has 2 aromatic rings. The van der Waals surface area contributed by atoms with E-state index in [2.05, 4.69) is 0 Å². The van der Waals surface area contributed by atoms with Gasteiger partial charge >= 0.3 is 6.18 Å². The van der Waals surface area contributed by atoms with E-state index in [0.29, 0.717) is 21.4 Å². The fourth-order valence-electron chi connectivity index (χ4n) is 1.68. The molecule has 0 bridgehead atoms. The van der Waals surface area contributed by atoms with Gasteiger partial charge in [-0.25, -0.2) is 5.14 Å². The standard InChI is InChI=1S/C10H9F3N2O2S2/c11-10(12,13)9-7(5-15-19(14,16)17)6-3-1-2-4-8(6)18-9/h1-4,15H,5H2,(H2,14,16,17). The Morgan fingerprint density at radius 1 is 1.26 bits per heavy atom. The summed E-state index contributed by atoms with van der Waals surface area (Å²) < 4.78 is 62.7. The number of hydrogen-bond acceptors (Lipinski definition) is 3. The number of fused-ring (bicyclic) bond motifs is 1. The molecule has 0 amide bonds. The van der Waals surface area contributed by atoms with E-state index in [1.54, 1.807) is 18.2 Å². The van der Waals surface area contributed by atoms with Crippen LogP contribution in [-0.4, -0.2) is 8.42 Å². The van der Waals surface area contributed by atoms with Crippen molar-refractivity contribution in [3.63, 3.8) is 0 Å². The van der Waals surface area contributed by atoms with Gasteiger partial charge in [0.2, 0.25) is 0 Å². The van der Waals surface area contributed by atoms with Gasteiger partial charge in [-0.2, -0.15) is 26.3 Å². The Balaban J connectivity index is 2.55. The first-order valence-electron chi connectivity index (χ1n) is 5.03. The molecule has 9 heteroatoms. The van der Waals surface area contributed by atoms with Gasteiger partial charge in [-0.05, 0) is 17.0 Å². The van der Waals surface area contributed by atoms with Gasteiger partial charge in [0.1, 0.15) is 4.88 Å². The Labute approximate surface area is 111 Å². The van der Waals surface area contributed by atoms with E-state index in [1.807, 2.05) is 4.72 Å². The highest BCUT2D eigenvalue weighted by Crippen LogP contribution is 2.41. The minimum absolute atomic E-state index is 0.109. The number of hydrogen-bond donors (Lipinski definition) is 2. The lowest BCUT2D eigenvalue weighted by Crippen LogP contribution is -2.30. The first kappa shape index (κ1) is 14.3. The molecular weight excluding hydrogens is 301 g/mol. The van der Waals surface area contributed by atoms with Crippen molar-refractivity contribution in [2.75, 3.05) is 0 Å². The van der Waals surface area contributed by atoms with Crippen LogP contribution in [0, 0.1) is 0 Å². The molecule has 0 aliphatic heterocycles. The van der Waals surface area contributed by atoms with E-state index < -0.39 is 27.8 Å². The van der Waals surface area contributed by atoms with Crippen molar-refractivity contribution >= 4 is 31.6 Å². The average molecular weight is 310 g/mol. The smallest absolute Gasteiger partial charge is 0.216 e. The number of rotatable bonds is 3. The van der Waals surface area contributed by atoms with Gasteiger partial charge in [-0.1, -0.05) is 18.2 Å². The normalized spacial score (nSPS) is 13.1. The maximum absolute atomic E-state index is 12.9. The second-order valence-corrected chi connectivity index (χ2v) is 6.20. The fourth-order valence-corrected chi connectivity index (χ4v) is 3.11. The van der Waals surface area contributed by atoms with Crippen LogP contribution in [0.4, 0.5) is 13.2 Å². The Morgan fingerprint density at radius 3 is 2.47 bits per heavy atom. The van der Waals surface area contributed by atoms with Crippen molar-refractivity contribution in [2.45, 2.75) is 12.7 Å². The van der Waals surface area contributed by atoms with Crippen molar-refractivity contribution in [2.24, 2.45) is 5.14 Å². The Bertz CT molecular complexity index is 707. The Hall–Kier alpha value is -1.16. The fraction of sp³-hybridized carbons (Fsp3) is 0.200. The summed E-state index contributed by atoms with van der Waals surface area (Å²) in [6.07, 6.45) is -4.53. The zero-order valence-electron chi connectivity index (χ0n) is 9.36. The third-order valence-electron chi connectivity index (χ3n) is 2.41. The summed E-state index contributed by atoms with van der Waals surface area (Å²) in [6.45, 7) is -0.488. The summed E-state index contributed by atoms with van der Waals surface area (Å²) in [5.74, 6) is 0. The molecule has 0 aliphatic rings. The van der Waals surface area contributed by atoms with E-state index in [1.165, 1.54) is 6.07 Å². The van der Waals surface area contributed by atoms with Gasteiger partial charge in [-0.3, -0.25) is 0 Å². The van der Waals surface area contributed by atoms with Crippen molar-refractivity contribution in [1.29, 1.82) is 0 Å². The van der Waals surface area contributed by atoms with Gasteiger partial charge < -0.3 is 0 Å². The molecule has 19 heavy (non-hydrogen) atoms. The number of thiophene rings is 1. The Kier molecular flexibility index (Phi) is 3.56. The summed E-state index contributed by atoms with van der Waals surface area (Å²) in [7, 11) is -4.04. The molecule has 0 atom stereocenters. The van der Waals surface area contributed by atoms with Crippen molar-refractivity contribution in [3.05, 3.63) is 34.7 Å². The van der Waals surface area contributed by atoms with Crippen LogP contribution in [0.2, 0.25) is 0 Å². The number of benzene rings is 1. The zero-order valence-corrected chi connectivity index (χ0v) is 11.0. The first-order valence-corrected chi connectivity index (χ1v) is 7.40. The first-order chi connectivity index (χ1) is 8.68. The van der Waals surface area contributed by atoms with E-state index in [-0.39, 0.29) is 5.56 Å². The lowest BCUT2D eigenvalue weighted by molar-refractivity contribution is -0.134. The van der Waals surface area contributed by atoms with Crippen LogP contribution in [-0.2, 0) is 22.9 Å². The lowest BCUT2D eigenvalue weighted by atomic mass is 10.1. The maximum Gasteiger partial charge on any atom is 0.425 e. The highest BCUT2D eigenvalue weighted by atomic mass is 32.2. The zero-order chi connectivity index (χ0) is 14.3. The van der Waals surface area contributed by atoms with E-state index in [0.717, 1.165) is 0 Å². The Morgan fingerprint density at radius 2 is 1.89 bits per heavy atom. The minimum Gasteiger partial charge on any atom is -0.216 e. The van der Waals surface area contributed by atoms with Gasteiger partial charge in [-0.15, -0.1) is 11.3 Å². The van der Waals surface area contributed by atoms with Gasteiger partial charge in [0.15, 0.2) is 0 Å². The highest BCUT2D eigenvalue weighted by molar-refractivity contribution is 7.87. The summed E-state index contributed by atoms with van der Waals surface area (Å²) in [6, 6.07) is 6.28. The largest absolute Gasteiger partial charge is 0.425 e. The lowest BCUT2D eigenvalue weighted by Gasteiger charge is -2.08. The molecular formula is C10H9F3N2O2S2. The van der Waals surface area contributed by atoms with Crippen LogP contribution in [0.3, 0.4) is 0 Å². The number of alkyl halides is 3. The van der Waals surface area contributed by atoms with E-state index in [4.69, 9.17) is 5.14 Å². The third-order valence-corrected chi connectivity index (χ3v) is 4.21. The average Bonchev–Trinajstić information content (AvgIpc) is 2.63. The summed E-state index contributed by atoms with van der Waals surface area (Å²) in [4.78, 5) is -0.815. The third kappa shape index (κ3) is 3.24. The SMILES string of the molecule is NS(=O)(=O)NCc1c(C(F)(F)F)sc2ccccc12. The van der Waals surface area contributed by atoms with Crippen LogP contribution < -0.4 is 9.86 Å². The summed E-state index contributed by atoms with van der Waals surface area (Å²) in [5.41, 5.74) is -0.109. The van der Waals surface area contributed by atoms with Crippen molar-refractivity contribution in [1.82, 2.24) is 4.72 Å². The number of nitrogens with one attached hydrogen (secondary N) is 1. The molecule has 0 fully saturated rings. The monoisotopic (exact) mass is 310 g/mol. The predicted octanol–water partition coefficient (Wildman–Crippen LogP) is 2.21. The van der Waals surface area contributed by atoms with Gasteiger partial charge in [0, 0.05) is 11.2 Å². The molecule has 0 saturated heterocycles. The van der Waals surface area contributed by atoms with Crippen LogP contribution in [0.15, 0.2) is 24.3 Å². The molecule has 0 radical (unpaired) electrons. The molecule has 104 valence electrons. The van der Waals surface area contributed by atoms with E-state index >= 15 is 0 Å². The number of nitrogens with two attached hydrogens (primary N) is 1. The molecule has 1 aromatic heterocycles. The van der Waals surface area contributed by atoms with Crippen molar-refractivity contribution < 1.29 is 21.6 Å². The molecule has 1 heterocycles. The van der Waals surface area contributed by atoms with Crippen molar-refractivity contribution in [3.8, 4) is 0 Å². The van der Waals surface area contributed by atoms with Crippen LogP contribution in [0.1, 0.15) is 10.4 Å². The summed E-state index contributed by atoms with van der Waals surface area (Å²) >= 11 is 0.581. The maximum atomic E-state index is 12.9. The van der Waals surface area contributed by atoms with Gasteiger partial charge in [0.25, 0.3) is 10.2 Å². The van der Waals surface area contributed by atoms with Gasteiger partial charge in [0.05, 0.1) is 0 Å². The molecule has 0 spiro atoms. The second-order valence-electron chi connectivity index (χ2n) is 3.77. The van der Waals surface area contributed by atoms with Crippen LogP contribution in [0.5, 0.6) is 0 Å². The van der Waals surface area contributed by atoms with Crippen LogP contribution >= 0.6 is 11.3 Å². The number of halogens is 3. The second kappa shape index (κ2) is 4.75. The molecule has 3 N–H and O–H groups in total. The highest BCUT2D eigenvalue weighted by Gasteiger charge is 2.36. The van der Waals surface area contributed by atoms with Crippen LogP contribution in [0.25, 0.3) is 10.1 Å². The quantitative estimate of drug-likeness (QED) is 0.912. The van der Waals surface area contributed by atoms with E-state index in [9.17, 15) is 21.6 Å². The predicted molar refractivity (Wildman–Crippen MR) is 66.8 cm³/mol. The molecule has 1 aromatic carbocycles. The molecule has 4 nitrogen and oxygen atoms in total. The minimum atomic E-state index is -4.53. The molecule has 0 saturated carbocycles.